The molecule has 130 valence electrons. The lowest BCUT2D eigenvalue weighted by Gasteiger charge is -2.23. The standard InChI is InChI=1S/C20H32O3/c1-7-8-15-23-19(21)16-18(3)12-9-11-17(2)13-10-14-20(4,5)22-6/h1,9,12,16-17H,8,10-11,13-15H2,2-6H3/b12-9+,18-16+. The molecule has 0 aliphatic carbocycles. The lowest BCUT2D eigenvalue weighted by atomic mass is 9.95. The van der Waals surface area contributed by atoms with Crippen LogP contribution in [-0.2, 0) is 14.3 Å². The zero-order chi connectivity index (χ0) is 17.7. The van der Waals surface area contributed by atoms with Crippen molar-refractivity contribution in [3.05, 3.63) is 23.8 Å². The molecule has 0 N–H and O–H groups in total. The van der Waals surface area contributed by atoms with E-state index in [2.05, 4.69) is 32.8 Å². The Morgan fingerprint density at radius 2 is 2.09 bits per heavy atom. The fraction of sp³-hybridized carbons (Fsp3) is 0.650. The zero-order valence-corrected chi connectivity index (χ0v) is 15.4. The second-order valence-corrected chi connectivity index (χ2v) is 6.61. The average Bonchev–Trinajstić information content (AvgIpc) is 2.47. The molecule has 0 saturated carbocycles. The summed E-state index contributed by atoms with van der Waals surface area (Å²) in [5.74, 6) is 2.72. The second kappa shape index (κ2) is 12.0. The van der Waals surface area contributed by atoms with Gasteiger partial charge in [0.25, 0.3) is 0 Å². The summed E-state index contributed by atoms with van der Waals surface area (Å²) in [6.07, 6.45) is 15.5. The van der Waals surface area contributed by atoms with Gasteiger partial charge in [0, 0.05) is 19.6 Å². The lowest BCUT2D eigenvalue weighted by Crippen LogP contribution is -2.22. The van der Waals surface area contributed by atoms with Crippen LogP contribution in [0.3, 0.4) is 0 Å². The lowest BCUT2D eigenvalue weighted by molar-refractivity contribution is -0.137. The maximum atomic E-state index is 11.5. The number of rotatable bonds is 11. The quantitative estimate of drug-likeness (QED) is 0.182. The van der Waals surface area contributed by atoms with E-state index in [-0.39, 0.29) is 18.2 Å². The van der Waals surface area contributed by atoms with Gasteiger partial charge in [-0.05, 0) is 45.1 Å². The number of carbonyl (C=O) groups excluding carboxylic acids is 1. The number of ether oxygens (including phenoxy) is 2. The highest BCUT2D eigenvalue weighted by Crippen LogP contribution is 2.20. The van der Waals surface area contributed by atoms with Crippen molar-refractivity contribution >= 4 is 5.97 Å². The van der Waals surface area contributed by atoms with Crippen molar-refractivity contribution < 1.29 is 14.3 Å². The van der Waals surface area contributed by atoms with Gasteiger partial charge in [-0.1, -0.05) is 31.9 Å². The van der Waals surface area contributed by atoms with Crippen LogP contribution in [0.15, 0.2) is 23.8 Å². The first-order valence-corrected chi connectivity index (χ1v) is 8.31. The molecule has 0 radical (unpaired) electrons. The van der Waals surface area contributed by atoms with E-state index >= 15 is 0 Å². The molecule has 0 heterocycles. The number of terminal acetylenes is 1. The number of esters is 1. The van der Waals surface area contributed by atoms with Crippen LogP contribution in [0.1, 0.15) is 59.8 Å². The molecular weight excluding hydrogens is 288 g/mol. The summed E-state index contributed by atoms with van der Waals surface area (Å²) in [4.78, 5) is 11.5. The number of hydrogen-bond donors (Lipinski definition) is 0. The highest BCUT2D eigenvalue weighted by molar-refractivity contribution is 5.83. The number of hydrogen-bond acceptors (Lipinski definition) is 3. The van der Waals surface area contributed by atoms with Gasteiger partial charge in [0.1, 0.15) is 6.61 Å². The molecule has 0 aromatic heterocycles. The molecule has 0 aromatic carbocycles. The Balaban J connectivity index is 4.02. The van der Waals surface area contributed by atoms with Crippen LogP contribution < -0.4 is 0 Å². The summed E-state index contributed by atoms with van der Waals surface area (Å²) in [6.45, 7) is 8.66. The zero-order valence-electron chi connectivity index (χ0n) is 15.4. The first-order valence-electron chi connectivity index (χ1n) is 8.31. The topological polar surface area (TPSA) is 35.5 Å². The molecule has 0 bridgehead atoms. The highest BCUT2D eigenvalue weighted by atomic mass is 16.5. The van der Waals surface area contributed by atoms with Gasteiger partial charge in [-0.25, -0.2) is 4.79 Å². The van der Waals surface area contributed by atoms with Crippen LogP contribution in [0.4, 0.5) is 0 Å². The highest BCUT2D eigenvalue weighted by Gasteiger charge is 2.15. The van der Waals surface area contributed by atoms with Crippen molar-refractivity contribution in [1.82, 2.24) is 0 Å². The van der Waals surface area contributed by atoms with E-state index in [4.69, 9.17) is 15.9 Å². The number of allylic oxidation sites excluding steroid dienone is 3. The minimum Gasteiger partial charge on any atom is -0.462 e. The largest absolute Gasteiger partial charge is 0.462 e. The predicted molar refractivity (Wildman–Crippen MR) is 96.0 cm³/mol. The fourth-order valence-electron chi connectivity index (χ4n) is 2.07. The molecule has 0 saturated heterocycles. The van der Waals surface area contributed by atoms with Gasteiger partial charge in [-0.3, -0.25) is 0 Å². The van der Waals surface area contributed by atoms with E-state index in [1.54, 1.807) is 7.11 Å². The monoisotopic (exact) mass is 320 g/mol. The molecule has 0 amide bonds. The molecule has 3 nitrogen and oxygen atoms in total. The molecule has 0 aliphatic rings. The summed E-state index contributed by atoms with van der Waals surface area (Å²) in [5.41, 5.74) is 0.859. The first-order chi connectivity index (χ1) is 10.8. The van der Waals surface area contributed by atoms with Crippen molar-refractivity contribution in [2.75, 3.05) is 13.7 Å². The van der Waals surface area contributed by atoms with Gasteiger partial charge in [0.2, 0.25) is 0 Å². The Kier molecular flexibility index (Phi) is 11.2. The third-order valence-electron chi connectivity index (χ3n) is 3.78. The maximum Gasteiger partial charge on any atom is 0.331 e. The van der Waals surface area contributed by atoms with Crippen molar-refractivity contribution in [3.8, 4) is 12.3 Å². The number of carbonyl (C=O) groups is 1. The van der Waals surface area contributed by atoms with Gasteiger partial charge in [-0.15, -0.1) is 12.3 Å². The summed E-state index contributed by atoms with van der Waals surface area (Å²) in [5, 5.41) is 0. The van der Waals surface area contributed by atoms with Gasteiger partial charge in [0.15, 0.2) is 0 Å². The molecular formula is C20H32O3. The van der Waals surface area contributed by atoms with Crippen LogP contribution in [-0.4, -0.2) is 25.3 Å². The second-order valence-electron chi connectivity index (χ2n) is 6.61. The van der Waals surface area contributed by atoms with Crippen molar-refractivity contribution in [3.63, 3.8) is 0 Å². The molecule has 1 atom stereocenters. The third-order valence-corrected chi connectivity index (χ3v) is 3.78. The van der Waals surface area contributed by atoms with Crippen molar-refractivity contribution in [1.29, 1.82) is 0 Å². The summed E-state index contributed by atoms with van der Waals surface area (Å²) in [7, 11) is 1.76. The van der Waals surface area contributed by atoms with Gasteiger partial charge < -0.3 is 9.47 Å². The molecule has 3 heteroatoms. The van der Waals surface area contributed by atoms with E-state index < -0.39 is 0 Å². The maximum absolute atomic E-state index is 11.5. The average molecular weight is 320 g/mol. The van der Waals surface area contributed by atoms with Crippen LogP contribution in [0.5, 0.6) is 0 Å². The van der Waals surface area contributed by atoms with Gasteiger partial charge in [-0.2, -0.15) is 0 Å². The molecule has 0 aromatic rings. The minimum atomic E-state index is -0.336. The van der Waals surface area contributed by atoms with Crippen molar-refractivity contribution in [2.45, 2.75) is 65.4 Å². The normalized spacial score (nSPS) is 13.8. The van der Waals surface area contributed by atoms with Gasteiger partial charge >= 0.3 is 5.97 Å². The fourth-order valence-corrected chi connectivity index (χ4v) is 2.07. The Morgan fingerprint density at radius 3 is 2.70 bits per heavy atom. The predicted octanol–water partition coefficient (Wildman–Crippen LogP) is 4.68. The molecule has 0 fully saturated rings. The van der Waals surface area contributed by atoms with Crippen molar-refractivity contribution in [2.24, 2.45) is 5.92 Å². The Bertz CT molecular complexity index is 438. The van der Waals surface area contributed by atoms with E-state index in [0.717, 1.165) is 24.8 Å². The SMILES string of the molecule is C#CCCOC(=O)/C=C(C)/C=C/CC(C)CCCC(C)(C)OC. The third kappa shape index (κ3) is 12.7. The molecule has 0 rings (SSSR count). The summed E-state index contributed by atoms with van der Waals surface area (Å²) >= 11 is 0. The minimum absolute atomic E-state index is 0.0331. The molecule has 23 heavy (non-hydrogen) atoms. The number of methoxy groups -OCH3 is 1. The molecule has 0 aliphatic heterocycles. The first kappa shape index (κ1) is 21.5. The smallest absolute Gasteiger partial charge is 0.331 e. The van der Waals surface area contributed by atoms with Crippen LogP contribution in [0, 0.1) is 18.3 Å². The molecule has 1 unspecified atom stereocenters. The Labute approximate surface area is 142 Å². The summed E-state index contributed by atoms with van der Waals surface area (Å²) < 4.78 is 10.4. The summed E-state index contributed by atoms with van der Waals surface area (Å²) in [6, 6.07) is 0. The van der Waals surface area contributed by atoms with E-state index in [1.807, 2.05) is 13.0 Å². The molecule has 0 spiro atoms. The van der Waals surface area contributed by atoms with Crippen LogP contribution in [0.2, 0.25) is 0 Å². The van der Waals surface area contributed by atoms with Gasteiger partial charge in [0.05, 0.1) is 5.60 Å². The Morgan fingerprint density at radius 1 is 1.39 bits per heavy atom. The van der Waals surface area contributed by atoms with E-state index in [1.165, 1.54) is 12.5 Å². The van der Waals surface area contributed by atoms with E-state index in [0.29, 0.717) is 12.3 Å². The van der Waals surface area contributed by atoms with Crippen LogP contribution in [0.25, 0.3) is 0 Å². The van der Waals surface area contributed by atoms with E-state index in [9.17, 15) is 4.79 Å². The van der Waals surface area contributed by atoms with Crippen LogP contribution >= 0.6 is 0 Å². The Hall–Kier alpha value is -1.53.